The molecule has 2 saturated heterocycles. The molecule has 0 spiro atoms. The minimum atomic E-state index is -3.75. The maximum Gasteiger partial charge on any atom is 0.243 e. The molecule has 2 aliphatic rings. The molecule has 3 rings (SSSR count). The van der Waals surface area contributed by atoms with Crippen LogP contribution in [0.5, 0.6) is 0 Å². The van der Waals surface area contributed by atoms with Crippen molar-refractivity contribution in [3.05, 3.63) is 30.1 Å². The van der Waals surface area contributed by atoms with Crippen LogP contribution in [0.15, 0.2) is 29.2 Å². The molecule has 6 nitrogen and oxygen atoms in total. The van der Waals surface area contributed by atoms with Crippen molar-refractivity contribution in [2.75, 3.05) is 32.8 Å². The molecule has 1 aromatic carbocycles. The lowest BCUT2D eigenvalue weighted by atomic mass is 9.73. The molecule has 2 fully saturated rings. The van der Waals surface area contributed by atoms with Crippen LogP contribution in [-0.4, -0.2) is 61.4 Å². The average molecular weight is 356 g/mol. The Bertz CT molecular complexity index is 737. The normalized spacial score (nSPS) is 28.0. The molecule has 0 saturated carbocycles. The van der Waals surface area contributed by atoms with E-state index in [0.29, 0.717) is 19.5 Å². The third-order valence-electron chi connectivity index (χ3n) is 5.31. The van der Waals surface area contributed by atoms with Gasteiger partial charge in [0, 0.05) is 38.5 Å². The fraction of sp³-hybridized carbons (Fsp3) is 0.562. The Morgan fingerprint density at radius 2 is 2.00 bits per heavy atom. The fourth-order valence-corrected chi connectivity index (χ4v) is 5.30. The lowest BCUT2D eigenvalue weighted by Crippen LogP contribution is -2.50. The second-order valence-electron chi connectivity index (χ2n) is 6.68. The van der Waals surface area contributed by atoms with E-state index in [9.17, 15) is 22.7 Å². The minimum absolute atomic E-state index is 0.0404. The van der Waals surface area contributed by atoms with Crippen molar-refractivity contribution in [2.45, 2.75) is 18.2 Å². The Morgan fingerprint density at radius 1 is 1.33 bits per heavy atom. The topological polar surface area (TPSA) is 77.9 Å². The first-order valence-electron chi connectivity index (χ1n) is 7.91. The number of fused-ring (bicyclic) bond motifs is 1. The number of amides is 1. The van der Waals surface area contributed by atoms with Crippen molar-refractivity contribution in [3.8, 4) is 0 Å². The number of piperidine rings is 1. The zero-order valence-electron chi connectivity index (χ0n) is 13.5. The zero-order chi connectivity index (χ0) is 17.5. The number of hydrogen-bond donors (Lipinski definition) is 1. The maximum absolute atomic E-state index is 13.0. The van der Waals surface area contributed by atoms with Gasteiger partial charge < -0.3 is 10.0 Å². The van der Waals surface area contributed by atoms with Crippen LogP contribution < -0.4 is 0 Å². The van der Waals surface area contributed by atoms with Crippen LogP contribution in [0.1, 0.15) is 13.3 Å². The van der Waals surface area contributed by atoms with Gasteiger partial charge in [-0.1, -0.05) is 0 Å². The number of nitrogens with zero attached hydrogens (tertiary/aromatic N) is 2. The van der Waals surface area contributed by atoms with Crippen LogP contribution in [-0.2, 0) is 14.8 Å². The third-order valence-corrected chi connectivity index (χ3v) is 7.14. The SMILES string of the molecule is CC(=O)N1CC[C@@]2(CO)CN(S(=O)(=O)c3ccc(F)cc3)C[C@H]2C1. The Balaban J connectivity index is 1.87. The summed E-state index contributed by atoms with van der Waals surface area (Å²) in [6.07, 6.45) is 0.573. The van der Waals surface area contributed by atoms with Gasteiger partial charge in [-0.15, -0.1) is 0 Å². The third kappa shape index (κ3) is 2.82. The Morgan fingerprint density at radius 3 is 2.58 bits per heavy atom. The smallest absolute Gasteiger partial charge is 0.243 e. The number of carbonyl (C=O) groups is 1. The Labute approximate surface area is 140 Å². The highest BCUT2D eigenvalue weighted by Gasteiger charge is 2.52. The molecule has 0 aliphatic carbocycles. The molecule has 1 amide bonds. The van der Waals surface area contributed by atoms with Crippen molar-refractivity contribution in [2.24, 2.45) is 11.3 Å². The number of rotatable bonds is 3. The van der Waals surface area contributed by atoms with Gasteiger partial charge in [-0.05, 0) is 36.6 Å². The van der Waals surface area contributed by atoms with E-state index in [0.717, 1.165) is 12.1 Å². The monoisotopic (exact) mass is 356 g/mol. The molecule has 1 aromatic rings. The van der Waals surface area contributed by atoms with E-state index in [-0.39, 0.29) is 36.4 Å². The van der Waals surface area contributed by atoms with Crippen LogP contribution >= 0.6 is 0 Å². The van der Waals surface area contributed by atoms with E-state index in [1.54, 1.807) is 4.90 Å². The van der Waals surface area contributed by atoms with Crippen molar-refractivity contribution < 1.29 is 22.7 Å². The number of benzene rings is 1. The minimum Gasteiger partial charge on any atom is -0.396 e. The van der Waals surface area contributed by atoms with E-state index in [1.807, 2.05) is 0 Å². The lowest BCUT2D eigenvalue weighted by Gasteiger charge is -2.42. The summed E-state index contributed by atoms with van der Waals surface area (Å²) in [5, 5.41) is 9.89. The number of halogens is 1. The first-order valence-corrected chi connectivity index (χ1v) is 9.35. The summed E-state index contributed by atoms with van der Waals surface area (Å²) >= 11 is 0. The largest absolute Gasteiger partial charge is 0.396 e. The van der Waals surface area contributed by atoms with Gasteiger partial charge in [0.1, 0.15) is 5.82 Å². The summed E-state index contributed by atoms with van der Waals surface area (Å²) in [6, 6.07) is 4.74. The second-order valence-corrected chi connectivity index (χ2v) is 8.62. The number of sulfonamides is 1. The molecule has 0 aromatic heterocycles. The quantitative estimate of drug-likeness (QED) is 0.864. The lowest BCUT2D eigenvalue weighted by molar-refractivity contribution is -0.133. The van der Waals surface area contributed by atoms with Gasteiger partial charge in [0.25, 0.3) is 0 Å². The van der Waals surface area contributed by atoms with Crippen LogP contribution in [0.4, 0.5) is 4.39 Å². The van der Waals surface area contributed by atoms with E-state index < -0.39 is 21.3 Å². The molecular weight excluding hydrogens is 335 g/mol. The molecule has 0 radical (unpaired) electrons. The molecule has 2 atom stereocenters. The summed E-state index contributed by atoms with van der Waals surface area (Å²) in [5.41, 5.74) is -0.515. The fourth-order valence-electron chi connectivity index (χ4n) is 3.72. The molecule has 24 heavy (non-hydrogen) atoms. The van der Waals surface area contributed by atoms with Crippen molar-refractivity contribution in [3.63, 3.8) is 0 Å². The van der Waals surface area contributed by atoms with Gasteiger partial charge in [0.15, 0.2) is 0 Å². The van der Waals surface area contributed by atoms with Gasteiger partial charge in [0.05, 0.1) is 11.5 Å². The van der Waals surface area contributed by atoms with E-state index in [4.69, 9.17) is 0 Å². The van der Waals surface area contributed by atoms with Gasteiger partial charge in [-0.3, -0.25) is 4.79 Å². The summed E-state index contributed by atoms with van der Waals surface area (Å²) in [6.45, 7) is 2.83. The number of hydrogen-bond acceptors (Lipinski definition) is 4. The van der Waals surface area contributed by atoms with Crippen LogP contribution in [0.25, 0.3) is 0 Å². The first kappa shape index (κ1) is 17.3. The van der Waals surface area contributed by atoms with E-state index in [2.05, 4.69) is 0 Å². The van der Waals surface area contributed by atoms with E-state index >= 15 is 0 Å². The number of aliphatic hydroxyl groups excluding tert-OH is 1. The molecule has 8 heteroatoms. The summed E-state index contributed by atoms with van der Waals surface area (Å²) < 4.78 is 40.0. The molecule has 1 N–H and O–H groups in total. The van der Waals surface area contributed by atoms with Gasteiger partial charge in [0.2, 0.25) is 15.9 Å². The van der Waals surface area contributed by atoms with Gasteiger partial charge in [-0.2, -0.15) is 4.31 Å². The highest BCUT2D eigenvalue weighted by Crippen LogP contribution is 2.44. The first-order chi connectivity index (χ1) is 11.3. The predicted octanol–water partition coefficient (Wildman–Crippen LogP) is 0.677. The predicted molar refractivity (Wildman–Crippen MR) is 85.0 cm³/mol. The van der Waals surface area contributed by atoms with Crippen molar-refractivity contribution >= 4 is 15.9 Å². The number of aliphatic hydroxyl groups is 1. The summed E-state index contributed by atoms with van der Waals surface area (Å²) in [4.78, 5) is 13.3. The number of carbonyl (C=O) groups excluding carboxylic acids is 1. The molecule has 0 bridgehead atoms. The Kier molecular flexibility index (Phi) is 4.39. The van der Waals surface area contributed by atoms with Crippen molar-refractivity contribution in [1.29, 1.82) is 0 Å². The van der Waals surface area contributed by atoms with Crippen LogP contribution in [0.3, 0.4) is 0 Å². The van der Waals surface area contributed by atoms with Crippen LogP contribution in [0.2, 0.25) is 0 Å². The van der Waals surface area contributed by atoms with Gasteiger partial charge in [-0.25, -0.2) is 12.8 Å². The summed E-state index contributed by atoms with van der Waals surface area (Å²) in [5.74, 6) is -0.635. The highest BCUT2D eigenvalue weighted by atomic mass is 32.2. The molecule has 0 unspecified atom stereocenters. The average Bonchev–Trinajstić information content (AvgIpc) is 2.95. The maximum atomic E-state index is 13.0. The van der Waals surface area contributed by atoms with Gasteiger partial charge >= 0.3 is 0 Å². The van der Waals surface area contributed by atoms with Crippen LogP contribution in [0, 0.1) is 17.2 Å². The standard InChI is InChI=1S/C16H21FN2O4S/c1-12(21)18-7-6-16(11-20)10-19(9-13(16)8-18)24(22,23)15-4-2-14(17)3-5-15/h2-5,13,20H,6-11H2,1H3/t13-,16+/m1/s1. The Hall–Kier alpha value is -1.51. The molecule has 132 valence electrons. The molecule has 2 heterocycles. The van der Waals surface area contributed by atoms with E-state index in [1.165, 1.54) is 23.4 Å². The second kappa shape index (κ2) is 6.09. The zero-order valence-corrected chi connectivity index (χ0v) is 14.3. The molecule has 2 aliphatic heterocycles. The summed E-state index contributed by atoms with van der Waals surface area (Å²) in [7, 11) is -3.75. The molecular formula is C16H21FN2O4S. The highest BCUT2D eigenvalue weighted by molar-refractivity contribution is 7.89. The number of likely N-dealkylation sites (tertiary alicyclic amines) is 1. The van der Waals surface area contributed by atoms with Crippen molar-refractivity contribution in [1.82, 2.24) is 9.21 Å².